The summed E-state index contributed by atoms with van der Waals surface area (Å²) in [7, 11) is 3.98. The van der Waals surface area contributed by atoms with Crippen molar-refractivity contribution in [2.75, 3.05) is 26.7 Å². The van der Waals surface area contributed by atoms with Gasteiger partial charge in [-0.25, -0.2) is 0 Å². The van der Waals surface area contributed by atoms with Gasteiger partial charge in [-0.15, -0.1) is 0 Å². The maximum atomic E-state index is 11.7. The van der Waals surface area contributed by atoms with Crippen molar-refractivity contribution in [1.82, 2.24) is 10.2 Å². The third kappa shape index (κ3) is 17.5. The molecule has 0 radical (unpaired) electrons. The van der Waals surface area contributed by atoms with E-state index in [9.17, 15) is 14.4 Å². The van der Waals surface area contributed by atoms with Crippen LogP contribution in [0.15, 0.2) is 0 Å². The molecule has 1 N–H and O–H groups in total. The largest absolute Gasteiger partial charge is 0.320 e. The van der Waals surface area contributed by atoms with Crippen molar-refractivity contribution >= 4 is 26.3 Å². The third-order valence-electron chi connectivity index (χ3n) is 2.85. The lowest BCUT2D eigenvalue weighted by Crippen LogP contribution is -2.44. The number of carbonyl (C=O) groups is 3. The molecule has 6 heteroatoms. The van der Waals surface area contributed by atoms with Crippen LogP contribution in [0.3, 0.4) is 0 Å². The molecule has 0 aromatic heterocycles. The lowest BCUT2D eigenvalue weighted by Gasteiger charge is -2.28. The summed E-state index contributed by atoms with van der Waals surface area (Å²) < 4.78 is 0. The number of nitrogens with zero attached hydrogens (tertiary/aromatic N) is 1. The van der Waals surface area contributed by atoms with Gasteiger partial charge in [0, 0.05) is 0 Å². The number of Topliss-reactive ketones (excluding diaryl/α,β-unsaturated/α-hetero) is 2. The van der Waals surface area contributed by atoms with E-state index in [-0.39, 0.29) is 36.2 Å². The van der Waals surface area contributed by atoms with Crippen LogP contribution in [-0.2, 0) is 14.4 Å². The van der Waals surface area contributed by atoms with Gasteiger partial charge in [0.25, 0.3) is 0 Å². The van der Waals surface area contributed by atoms with Gasteiger partial charge >= 0.3 is 0 Å². The Labute approximate surface area is 145 Å². The van der Waals surface area contributed by atoms with Crippen LogP contribution in [0.1, 0.15) is 60.8 Å². The number of rotatable bonds is 11. The molecule has 0 aromatic carbocycles. The maximum Gasteiger partial charge on any atom is 0.162 e. The van der Waals surface area contributed by atoms with Gasteiger partial charge in [0.05, 0.1) is 19.1 Å². The molecule has 0 saturated carbocycles. The molecule has 23 heavy (non-hydrogen) atoms. The Bertz CT molecular complexity index is 307. The second-order valence-corrected chi connectivity index (χ2v) is 5.44. The fourth-order valence-corrected chi connectivity index (χ4v) is 2.28. The van der Waals surface area contributed by atoms with Gasteiger partial charge in [-0.05, 0) is 40.3 Å². The SMILES string of the molecule is CC.CC.CNCCCCC(C(C)=O)N(CC(C)=O)CC(=O)P. The molecule has 0 aliphatic rings. The average Bonchev–Trinajstić information content (AvgIpc) is 2.49. The van der Waals surface area contributed by atoms with Gasteiger partial charge in [0.1, 0.15) is 11.6 Å². The number of unbranched alkanes of at least 4 members (excludes halogenated alkanes) is 1. The van der Waals surface area contributed by atoms with Crippen molar-refractivity contribution < 1.29 is 14.4 Å². The summed E-state index contributed by atoms with van der Waals surface area (Å²) in [4.78, 5) is 35.9. The van der Waals surface area contributed by atoms with E-state index < -0.39 is 0 Å². The summed E-state index contributed by atoms with van der Waals surface area (Å²) in [5.74, 6) is -0.0234. The van der Waals surface area contributed by atoms with Gasteiger partial charge in [-0.2, -0.15) is 0 Å². The third-order valence-corrected chi connectivity index (χ3v) is 3.03. The summed E-state index contributed by atoms with van der Waals surface area (Å²) in [5, 5.41) is 3.05. The van der Waals surface area contributed by atoms with E-state index in [1.54, 1.807) is 4.90 Å². The fraction of sp³-hybridized carbons (Fsp3) is 0.824. The van der Waals surface area contributed by atoms with E-state index in [0.717, 1.165) is 19.4 Å². The average molecular weight is 348 g/mol. The molecule has 0 amide bonds. The highest BCUT2D eigenvalue weighted by Gasteiger charge is 2.24. The van der Waals surface area contributed by atoms with Crippen molar-refractivity contribution in [3.63, 3.8) is 0 Å². The first-order chi connectivity index (χ1) is 10.9. The molecule has 0 heterocycles. The van der Waals surface area contributed by atoms with E-state index in [1.807, 2.05) is 34.7 Å². The molecule has 5 nitrogen and oxygen atoms in total. The minimum absolute atomic E-state index is 0.0111. The van der Waals surface area contributed by atoms with Crippen LogP contribution in [0, 0.1) is 0 Å². The Balaban J connectivity index is -0.000000919. The fourth-order valence-electron chi connectivity index (χ4n) is 2.04. The summed E-state index contributed by atoms with van der Waals surface area (Å²) >= 11 is 0. The van der Waals surface area contributed by atoms with E-state index in [2.05, 4.69) is 14.6 Å². The molecule has 0 spiro atoms. The van der Waals surface area contributed by atoms with Gasteiger partial charge in [-0.3, -0.25) is 19.3 Å². The van der Waals surface area contributed by atoms with Crippen LogP contribution < -0.4 is 5.32 Å². The van der Waals surface area contributed by atoms with Gasteiger partial charge in [0.15, 0.2) is 5.52 Å². The Morgan fingerprint density at radius 1 is 1.00 bits per heavy atom. The highest BCUT2D eigenvalue weighted by molar-refractivity contribution is 7.40. The molecule has 0 saturated heterocycles. The van der Waals surface area contributed by atoms with Crippen LogP contribution >= 0.6 is 9.24 Å². The number of carbonyl (C=O) groups excluding carboxylic acids is 3. The quantitative estimate of drug-likeness (QED) is 0.459. The maximum absolute atomic E-state index is 11.7. The first-order valence-corrected chi connectivity index (χ1v) is 9.13. The topological polar surface area (TPSA) is 66.5 Å². The number of nitrogens with one attached hydrogen (secondary N) is 1. The summed E-state index contributed by atoms with van der Waals surface area (Å²) in [6.07, 6.45) is 2.55. The van der Waals surface area contributed by atoms with Crippen molar-refractivity contribution in [2.24, 2.45) is 0 Å². The number of ketones is 2. The zero-order valence-electron chi connectivity index (χ0n) is 16.1. The molecule has 2 atom stereocenters. The zero-order chi connectivity index (χ0) is 18.8. The molecule has 0 rings (SSSR count). The number of hydrogen-bond donors (Lipinski definition) is 1. The van der Waals surface area contributed by atoms with Crippen LogP contribution in [0.2, 0.25) is 0 Å². The normalized spacial score (nSPS) is 10.8. The monoisotopic (exact) mass is 348 g/mol. The molecule has 0 aromatic rings. The van der Waals surface area contributed by atoms with Gasteiger partial charge < -0.3 is 5.32 Å². The minimum Gasteiger partial charge on any atom is -0.320 e. The van der Waals surface area contributed by atoms with Crippen molar-refractivity contribution in [3.8, 4) is 0 Å². The lowest BCUT2D eigenvalue weighted by atomic mass is 10.0. The Morgan fingerprint density at radius 2 is 1.52 bits per heavy atom. The second kappa shape index (κ2) is 19.4. The number of hydrogen-bond acceptors (Lipinski definition) is 5. The predicted molar refractivity (Wildman–Crippen MR) is 102 cm³/mol. The summed E-state index contributed by atoms with van der Waals surface area (Å²) in [6.45, 7) is 12.2. The second-order valence-electron chi connectivity index (χ2n) is 4.80. The molecule has 138 valence electrons. The predicted octanol–water partition coefficient (Wildman–Crippen LogP) is 2.68. The highest BCUT2D eigenvalue weighted by atomic mass is 31.0. The molecular weight excluding hydrogens is 311 g/mol. The minimum atomic E-state index is -0.342. The molecule has 0 fully saturated rings. The van der Waals surface area contributed by atoms with Gasteiger partial charge in [-0.1, -0.05) is 43.4 Å². The summed E-state index contributed by atoms with van der Waals surface area (Å²) in [6, 6.07) is -0.342. The van der Waals surface area contributed by atoms with Crippen LogP contribution in [0.4, 0.5) is 0 Å². The molecule has 2 unspecified atom stereocenters. The first kappa shape index (κ1) is 27.2. The molecular formula is C17H37N2O3P. The van der Waals surface area contributed by atoms with Crippen molar-refractivity contribution in [2.45, 2.75) is 66.8 Å². The Kier molecular flexibility index (Phi) is 23.0. The Morgan fingerprint density at radius 3 is 1.87 bits per heavy atom. The lowest BCUT2D eigenvalue weighted by molar-refractivity contribution is -0.125. The standard InChI is InChI=1S/C13H25N2O3P.2C2H6/c1-10(16)8-15(9-13(18)19)12(11(2)17)6-4-5-7-14-3;2*1-2/h12,14H,4-9,19H2,1-3H3;2*1-2H3. The molecule has 0 aliphatic carbocycles. The van der Waals surface area contributed by atoms with E-state index in [0.29, 0.717) is 6.42 Å². The highest BCUT2D eigenvalue weighted by Crippen LogP contribution is 2.11. The molecule has 0 bridgehead atoms. The first-order valence-electron chi connectivity index (χ1n) is 8.55. The van der Waals surface area contributed by atoms with E-state index in [1.165, 1.54) is 13.8 Å². The van der Waals surface area contributed by atoms with Crippen molar-refractivity contribution in [3.05, 3.63) is 0 Å². The van der Waals surface area contributed by atoms with Crippen molar-refractivity contribution in [1.29, 1.82) is 0 Å². The van der Waals surface area contributed by atoms with Gasteiger partial charge in [0.2, 0.25) is 0 Å². The zero-order valence-corrected chi connectivity index (χ0v) is 17.2. The van der Waals surface area contributed by atoms with Crippen LogP contribution in [-0.4, -0.2) is 54.7 Å². The smallest absolute Gasteiger partial charge is 0.162 e. The van der Waals surface area contributed by atoms with Crippen LogP contribution in [0.25, 0.3) is 0 Å². The van der Waals surface area contributed by atoms with E-state index in [4.69, 9.17) is 0 Å². The van der Waals surface area contributed by atoms with E-state index >= 15 is 0 Å². The molecule has 0 aliphatic heterocycles. The Hall–Kier alpha value is -0.640. The summed E-state index contributed by atoms with van der Waals surface area (Å²) in [5.41, 5.74) is -0.109. The van der Waals surface area contributed by atoms with Crippen LogP contribution in [0.5, 0.6) is 0 Å².